The molecule has 26 heavy (non-hydrogen) atoms. The number of rotatable bonds is 7. The lowest BCUT2D eigenvalue weighted by molar-refractivity contribution is -0.384. The fourth-order valence-electron chi connectivity index (χ4n) is 2.21. The summed E-state index contributed by atoms with van der Waals surface area (Å²) < 4.78 is 30.9. The molecule has 0 heterocycles. The van der Waals surface area contributed by atoms with Crippen LogP contribution in [-0.4, -0.2) is 33.4 Å². The Hall–Kier alpha value is -2.98. The van der Waals surface area contributed by atoms with Crippen LogP contribution in [0.3, 0.4) is 0 Å². The highest BCUT2D eigenvalue weighted by Gasteiger charge is 2.18. The number of benzene rings is 2. The third-order valence-corrected chi connectivity index (χ3v) is 4.98. The van der Waals surface area contributed by atoms with Gasteiger partial charge in [-0.3, -0.25) is 14.9 Å². The number of sulfonamides is 1. The van der Waals surface area contributed by atoms with Crippen LogP contribution >= 0.6 is 0 Å². The van der Waals surface area contributed by atoms with Crippen molar-refractivity contribution < 1.29 is 22.9 Å². The molecule has 0 bridgehead atoms. The summed E-state index contributed by atoms with van der Waals surface area (Å²) >= 11 is 0. The number of hydrogen-bond acceptors (Lipinski definition) is 6. The van der Waals surface area contributed by atoms with Crippen molar-refractivity contribution in [3.63, 3.8) is 0 Å². The first-order valence-corrected chi connectivity index (χ1v) is 8.90. The van der Waals surface area contributed by atoms with Crippen LogP contribution in [0.4, 0.5) is 5.69 Å². The molecule has 0 saturated heterocycles. The van der Waals surface area contributed by atoms with Gasteiger partial charge >= 0.3 is 0 Å². The van der Waals surface area contributed by atoms with E-state index in [0.29, 0.717) is 5.56 Å². The lowest BCUT2D eigenvalue weighted by atomic mass is 10.1. The van der Waals surface area contributed by atoms with E-state index in [2.05, 4.69) is 10.0 Å². The van der Waals surface area contributed by atoms with Crippen LogP contribution < -0.4 is 14.8 Å². The van der Waals surface area contributed by atoms with E-state index in [0.717, 1.165) is 6.07 Å². The second kappa shape index (κ2) is 7.93. The number of nitro groups is 1. The van der Waals surface area contributed by atoms with Gasteiger partial charge in [0.25, 0.3) is 11.6 Å². The van der Waals surface area contributed by atoms with Crippen molar-refractivity contribution in [2.24, 2.45) is 0 Å². The van der Waals surface area contributed by atoms with Crippen molar-refractivity contribution in [1.82, 2.24) is 10.0 Å². The molecule has 2 rings (SSSR count). The van der Waals surface area contributed by atoms with E-state index in [4.69, 9.17) is 4.74 Å². The largest absolute Gasteiger partial charge is 0.496 e. The summed E-state index contributed by atoms with van der Waals surface area (Å²) in [7, 11) is -0.940. The van der Waals surface area contributed by atoms with Gasteiger partial charge in [-0.25, -0.2) is 13.1 Å². The van der Waals surface area contributed by atoms with Crippen LogP contribution in [0.2, 0.25) is 0 Å². The standard InChI is InChI=1S/C16H17N3O6S/c1-17-26(23,24)13-5-3-4-11(8-13)10-18-16(20)14-9-12(19(21)22)6-7-15(14)25-2/h3-9,17H,10H2,1-2H3,(H,18,20). The summed E-state index contributed by atoms with van der Waals surface area (Å²) in [5.74, 6) is -0.382. The molecule has 0 radical (unpaired) electrons. The molecular formula is C16H17N3O6S. The molecule has 0 fully saturated rings. The van der Waals surface area contributed by atoms with Crippen LogP contribution in [0.1, 0.15) is 15.9 Å². The Bertz CT molecular complexity index is 943. The summed E-state index contributed by atoms with van der Waals surface area (Å²) in [6.07, 6.45) is 0. The summed E-state index contributed by atoms with van der Waals surface area (Å²) in [5, 5.41) is 13.5. The van der Waals surface area contributed by atoms with Gasteiger partial charge in [0.2, 0.25) is 10.0 Å². The average molecular weight is 379 g/mol. The smallest absolute Gasteiger partial charge is 0.270 e. The highest BCUT2D eigenvalue weighted by Crippen LogP contribution is 2.24. The summed E-state index contributed by atoms with van der Waals surface area (Å²) in [6.45, 7) is 0.0394. The van der Waals surface area contributed by atoms with Crippen LogP contribution in [0, 0.1) is 10.1 Å². The molecule has 0 unspecified atom stereocenters. The minimum absolute atomic E-state index is 0.0145. The molecule has 9 nitrogen and oxygen atoms in total. The fourth-order valence-corrected chi connectivity index (χ4v) is 3.00. The Labute approximate surface area is 150 Å². The summed E-state index contributed by atoms with van der Waals surface area (Å²) in [5.41, 5.74) is 0.331. The quantitative estimate of drug-likeness (QED) is 0.553. The SMILES string of the molecule is CNS(=O)(=O)c1cccc(CNC(=O)c2cc([N+](=O)[O-])ccc2OC)c1. The van der Waals surface area contributed by atoms with Crippen LogP contribution in [-0.2, 0) is 16.6 Å². The minimum Gasteiger partial charge on any atom is -0.496 e. The number of methoxy groups -OCH3 is 1. The second-order valence-corrected chi connectivity index (χ2v) is 7.07. The van der Waals surface area contributed by atoms with Crippen LogP contribution in [0.15, 0.2) is 47.4 Å². The first kappa shape index (κ1) is 19.3. The van der Waals surface area contributed by atoms with Gasteiger partial charge in [-0.15, -0.1) is 0 Å². The molecule has 0 saturated carbocycles. The highest BCUT2D eigenvalue weighted by molar-refractivity contribution is 7.89. The molecule has 2 aromatic carbocycles. The zero-order valence-corrected chi connectivity index (χ0v) is 14.9. The van der Waals surface area contributed by atoms with Crippen molar-refractivity contribution in [2.45, 2.75) is 11.4 Å². The second-order valence-electron chi connectivity index (χ2n) is 5.18. The number of carbonyl (C=O) groups is 1. The topological polar surface area (TPSA) is 128 Å². The van der Waals surface area contributed by atoms with Crippen LogP contribution in [0.5, 0.6) is 5.75 Å². The molecule has 2 aromatic rings. The van der Waals surface area contributed by atoms with E-state index in [1.165, 1.54) is 38.4 Å². The Morgan fingerprint density at radius 2 is 1.96 bits per heavy atom. The van der Waals surface area contributed by atoms with E-state index < -0.39 is 20.9 Å². The van der Waals surface area contributed by atoms with E-state index in [-0.39, 0.29) is 28.4 Å². The maximum absolute atomic E-state index is 12.4. The van der Waals surface area contributed by atoms with Gasteiger partial charge in [0.1, 0.15) is 5.75 Å². The van der Waals surface area contributed by atoms with Crippen molar-refractivity contribution in [3.8, 4) is 5.75 Å². The van der Waals surface area contributed by atoms with Gasteiger partial charge in [-0.2, -0.15) is 0 Å². The van der Waals surface area contributed by atoms with Gasteiger partial charge < -0.3 is 10.1 Å². The van der Waals surface area contributed by atoms with E-state index in [1.54, 1.807) is 12.1 Å². The third kappa shape index (κ3) is 4.35. The van der Waals surface area contributed by atoms with Crippen molar-refractivity contribution >= 4 is 21.6 Å². The van der Waals surface area contributed by atoms with Gasteiger partial charge in [-0.1, -0.05) is 12.1 Å². The van der Waals surface area contributed by atoms with Crippen LogP contribution in [0.25, 0.3) is 0 Å². The molecule has 10 heteroatoms. The predicted molar refractivity (Wildman–Crippen MR) is 93.5 cm³/mol. The fraction of sp³-hybridized carbons (Fsp3) is 0.188. The zero-order chi connectivity index (χ0) is 19.3. The number of carbonyl (C=O) groups excluding carboxylic acids is 1. The van der Waals surface area contributed by atoms with Gasteiger partial charge in [0.15, 0.2) is 0 Å². The predicted octanol–water partition coefficient (Wildman–Crippen LogP) is 1.44. The number of nitro benzene ring substituents is 1. The Kier molecular flexibility index (Phi) is 5.90. The zero-order valence-electron chi connectivity index (χ0n) is 14.1. The van der Waals surface area contributed by atoms with E-state index in [9.17, 15) is 23.3 Å². The molecule has 0 aromatic heterocycles. The van der Waals surface area contributed by atoms with Gasteiger partial charge in [0.05, 0.1) is 22.5 Å². The number of amides is 1. The molecule has 0 atom stereocenters. The van der Waals surface area contributed by atoms with Crippen molar-refractivity contribution in [1.29, 1.82) is 0 Å². The lowest BCUT2D eigenvalue weighted by Gasteiger charge is -2.10. The first-order valence-electron chi connectivity index (χ1n) is 7.41. The van der Waals surface area contributed by atoms with Crippen molar-refractivity contribution in [2.75, 3.05) is 14.2 Å². The Morgan fingerprint density at radius 1 is 1.23 bits per heavy atom. The van der Waals surface area contributed by atoms with Crippen molar-refractivity contribution in [3.05, 3.63) is 63.7 Å². The average Bonchev–Trinajstić information content (AvgIpc) is 2.65. The third-order valence-electron chi connectivity index (χ3n) is 3.57. The minimum atomic E-state index is -3.59. The number of nitrogens with zero attached hydrogens (tertiary/aromatic N) is 1. The maximum Gasteiger partial charge on any atom is 0.270 e. The molecule has 0 spiro atoms. The first-order chi connectivity index (χ1) is 12.3. The molecule has 0 aliphatic carbocycles. The Morgan fingerprint density at radius 3 is 2.58 bits per heavy atom. The number of non-ortho nitro benzene ring substituents is 1. The molecular weight excluding hydrogens is 362 g/mol. The van der Waals surface area contributed by atoms with Gasteiger partial charge in [0, 0.05) is 18.7 Å². The Balaban J connectivity index is 2.20. The molecule has 138 valence electrons. The van der Waals surface area contributed by atoms with E-state index >= 15 is 0 Å². The molecule has 0 aliphatic rings. The number of ether oxygens (including phenoxy) is 1. The monoisotopic (exact) mass is 379 g/mol. The molecule has 0 aliphatic heterocycles. The maximum atomic E-state index is 12.4. The normalized spacial score (nSPS) is 11.0. The highest BCUT2D eigenvalue weighted by atomic mass is 32.2. The molecule has 1 amide bonds. The van der Waals surface area contributed by atoms with Gasteiger partial charge in [-0.05, 0) is 30.8 Å². The number of nitrogens with one attached hydrogen (secondary N) is 2. The number of hydrogen-bond donors (Lipinski definition) is 2. The summed E-state index contributed by atoms with van der Waals surface area (Å²) in [4.78, 5) is 22.7. The lowest BCUT2D eigenvalue weighted by Crippen LogP contribution is -2.24. The summed E-state index contributed by atoms with van der Waals surface area (Å²) in [6, 6.07) is 9.77. The van der Waals surface area contributed by atoms with E-state index in [1.807, 2.05) is 0 Å². The molecule has 2 N–H and O–H groups in total.